The number of carbonyl (C=O) groups excluding carboxylic acids is 1. The van der Waals surface area contributed by atoms with E-state index in [2.05, 4.69) is 57.8 Å². The van der Waals surface area contributed by atoms with Crippen molar-refractivity contribution in [1.29, 1.82) is 0 Å². The SMILES string of the molecule is CCC(C)C(CC(=O)[Si](C)(C)C)c1ccccc1. The van der Waals surface area contributed by atoms with Crippen LogP contribution in [0, 0.1) is 5.92 Å². The van der Waals surface area contributed by atoms with E-state index in [1.807, 2.05) is 6.07 Å². The minimum absolute atomic E-state index is 0.385. The number of hydrogen-bond donors (Lipinski definition) is 0. The first-order valence-electron chi connectivity index (χ1n) is 6.94. The molecule has 0 N–H and O–H groups in total. The Morgan fingerprint density at radius 2 is 1.72 bits per heavy atom. The van der Waals surface area contributed by atoms with Gasteiger partial charge in [-0.3, -0.25) is 0 Å². The van der Waals surface area contributed by atoms with Crippen LogP contribution in [0.1, 0.15) is 38.2 Å². The average Bonchev–Trinajstić information content (AvgIpc) is 2.34. The van der Waals surface area contributed by atoms with Crippen LogP contribution in [0.4, 0.5) is 0 Å². The molecule has 0 saturated carbocycles. The first kappa shape index (κ1) is 15.2. The molecule has 0 aliphatic heterocycles. The van der Waals surface area contributed by atoms with E-state index in [9.17, 15) is 4.79 Å². The van der Waals surface area contributed by atoms with Crippen molar-refractivity contribution in [3.8, 4) is 0 Å². The molecule has 2 heteroatoms. The van der Waals surface area contributed by atoms with Gasteiger partial charge >= 0.3 is 0 Å². The van der Waals surface area contributed by atoms with Crippen LogP contribution in [0.2, 0.25) is 19.6 Å². The van der Waals surface area contributed by atoms with Crippen molar-refractivity contribution in [2.45, 2.75) is 52.2 Å². The monoisotopic (exact) mass is 262 g/mol. The molecule has 1 aromatic rings. The zero-order valence-corrected chi connectivity index (χ0v) is 13.4. The molecule has 0 aromatic heterocycles. The molecule has 1 aromatic carbocycles. The molecule has 0 heterocycles. The number of carbonyl (C=O) groups is 1. The summed E-state index contributed by atoms with van der Waals surface area (Å²) in [5.74, 6) is 0.947. The molecule has 0 saturated heterocycles. The number of rotatable bonds is 6. The summed E-state index contributed by atoms with van der Waals surface area (Å²) in [6.45, 7) is 10.9. The average molecular weight is 262 g/mol. The maximum Gasteiger partial charge on any atom is 0.123 e. The van der Waals surface area contributed by atoms with Gasteiger partial charge in [0.15, 0.2) is 0 Å². The summed E-state index contributed by atoms with van der Waals surface area (Å²) >= 11 is 0. The van der Waals surface area contributed by atoms with Gasteiger partial charge in [0.05, 0.1) is 0 Å². The summed E-state index contributed by atoms with van der Waals surface area (Å²) in [6.07, 6.45) is 1.84. The summed E-state index contributed by atoms with van der Waals surface area (Å²) < 4.78 is 0. The van der Waals surface area contributed by atoms with E-state index in [1.165, 1.54) is 5.56 Å². The van der Waals surface area contributed by atoms with Crippen molar-refractivity contribution < 1.29 is 4.79 Å². The largest absolute Gasteiger partial charge is 0.305 e. The van der Waals surface area contributed by atoms with Gasteiger partial charge in [0.1, 0.15) is 13.5 Å². The van der Waals surface area contributed by atoms with E-state index in [0.717, 1.165) is 12.8 Å². The fourth-order valence-corrected chi connectivity index (χ4v) is 2.97. The lowest BCUT2D eigenvalue weighted by atomic mass is 9.83. The Hall–Kier alpha value is -0.893. The first-order valence-corrected chi connectivity index (χ1v) is 10.4. The van der Waals surface area contributed by atoms with Crippen molar-refractivity contribution in [3.05, 3.63) is 35.9 Å². The van der Waals surface area contributed by atoms with Crippen LogP contribution < -0.4 is 0 Å². The number of hydrogen-bond acceptors (Lipinski definition) is 1. The molecule has 0 fully saturated rings. The molecule has 0 bridgehead atoms. The molecule has 0 radical (unpaired) electrons. The molecule has 100 valence electrons. The summed E-state index contributed by atoms with van der Waals surface area (Å²) in [4.78, 5) is 12.3. The second-order valence-corrected chi connectivity index (χ2v) is 11.3. The Kier molecular flexibility index (Phi) is 5.33. The van der Waals surface area contributed by atoms with Crippen LogP contribution in [0.3, 0.4) is 0 Å². The fraction of sp³-hybridized carbons (Fsp3) is 0.562. The Balaban J connectivity index is 2.91. The lowest BCUT2D eigenvalue weighted by Gasteiger charge is -2.26. The Morgan fingerprint density at radius 3 is 2.17 bits per heavy atom. The van der Waals surface area contributed by atoms with Crippen molar-refractivity contribution >= 4 is 13.5 Å². The summed E-state index contributed by atoms with van der Waals surface area (Å²) in [6, 6.07) is 10.5. The standard InChI is InChI=1S/C16H26OSi/c1-6-13(2)15(12-16(17)18(3,4)5)14-10-8-7-9-11-14/h7-11,13,15H,6,12H2,1-5H3. The quantitative estimate of drug-likeness (QED) is 0.682. The first-order chi connectivity index (χ1) is 8.36. The second kappa shape index (κ2) is 6.33. The van der Waals surface area contributed by atoms with Gasteiger partial charge in [0, 0.05) is 6.42 Å². The normalized spacial score (nSPS) is 15.2. The van der Waals surface area contributed by atoms with Crippen molar-refractivity contribution in [1.82, 2.24) is 0 Å². The third-order valence-corrected chi connectivity index (χ3v) is 5.68. The molecule has 18 heavy (non-hydrogen) atoms. The topological polar surface area (TPSA) is 17.1 Å². The molecule has 1 nitrogen and oxygen atoms in total. The smallest absolute Gasteiger partial charge is 0.123 e. The van der Waals surface area contributed by atoms with Gasteiger partial charge in [-0.25, -0.2) is 0 Å². The van der Waals surface area contributed by atoms with E-state index in [0.29, 0.717) is 17.2 Å². The Labute approximate surface area is 113 Å². The van der Waals surface area contributed by atoms with Crippen molar-refractivity contribution in [3.63, 3.8) is 0 Å². The second-order valence-electron chi connectivity index (χ2n) is 6.28. The van der Waals surface area contributed by atoms with Crippen LogP contribution in [0.25, 0.3) is 0 Å². The zero-order valence-electron chi connectivity index (χ0n) is 12.4. The van der Waals surface area contributed by atoms with Crippen LogP contribution in [0.15, 0.2) is 30.3 Å². The maximum absolute atomic E-state index is 12.3. The van der Waals surface area contributed by atoms with Gasteiger partial charge in [0.25, 0.3) is 0 Å². The van der Waals surface area contributed by atoms with Gasteiger partial charge in [-0.1, -0.05) is 70.2 Å². The van der Waals surface area contributed by atoms with Gasteiger partial charge in [-0.15, -0.1) is 0 Å². The molecule has 0 aliphatic rings. The number of benzene rings is 1. The van der Waals surface area contributed by atoms with Gasteiger partial charge in [-0.05, 0) is 17.4 Å². The van der Waals surface area contributed by atoms with Crippen LogP contribution in [-0.2, 0) is 4.79 Å². The molecule has 2 atom stereocenters. The maximum atomic E-state index is 12.3. The van der Waals surface area contributed by atoms with E-state index in [1.54, 1.807) is 0 Å². The van der Waals surface area contributed by atoms with E-state index < -0.39 is 8.07 Å². The molecule has 0 spiro atoms. The summed E-state index contributed by atoms with van der Waals surface area (Å²) in [5, 5.41) is 0.497. The highest BCUT2D eigenvalue weighted by molar-refractivity contribution is 7.03. The lowest BCUT2D eigenvalue weighted by molar-refractivity contribution is -0.113. The predicted molar refractivity (Wildman–Crippen MR) is 81.6 cm³/mol. The third-order valence-electron chi connectivity index (χ3n) is 3.80. The van der Waals surface area contributed by atoms with Crippen molar-refractivity contribution in [2.24, 2.45) is 5.92 Å². The zero-order chi connectivity index (χ0) is 13.8. The van der Waals surface area contributed by atoms with Crippen molar-refractivity contribution in [2.75, 3.05) is 0 Å². The van der Waals surface area contributed by atoms with E-state index in [-0.39, 0.29) is 0 Å². The van der Waals surface area contributed by atoms with Crippen LogP contribution in [-0.4, -0.2) is 13.5 Å². The molecule has 1 rings (SSSR count). The predicted octanol–water partition coefficient (Wildman–Crippen LogP) is 4.65. The lowest BCUT2D eigenvalue weighted by Crippen LogP contribution is -2.35. The third kappa shape index (κ3) is 4.09. The highest BCUT2D eigenvalue weighted by Crippen LogP contribution is 2.31. The van der Waals surface area contributed by atoms with E-state index >= 15 is 0 Å². The highest BCUT2D eigenvalue weighted by Gasteiger charge is 2.29. The minimum Gasteiger partial charge on any atom is -0.305 e. The Morgan fingerprint density at radius 1 is 1.17 bits per heavy atom. The minimum atomic E-state index is -1.65. The summed E-state index contributed by atoms with van der Waals surface area (Å²) in [7, 11) is -1.65. The highest BCUT2D eigenvalue weighted by atomic mass is 28.3. The van der Waals surface area contributed by atoms with Crippen LogP contribution >= 0.6 is 0 Å². The fourth-order valence-electron chi connectivity index (χ4n) is 2.14. The van der Waals surface area contributed by atoms with Gasteiger partial charge in [0.2, 0.25) is 0 Å². The van der Waals surface area contributed by atoms with E-state index in [4.69, 9.17) is 0 Å². The Bertz CT molecular complexity index is 378. The molecule has 0 amide bonds. The summed E-state index contributed by atoms with van der Waals surface area (Å²) in [5.41, 5.74) is 1.32. The van der Waals surface area contributed by atoms with Gasteiger partial charge in [-0.2, -0.15) is 0 Å². The molecular weight excluding hydrogens is 236 g/mol. The molecule has 2 unspecified atom stereocenters. The molecule has 0 aliphatic carbocycles. The van der Waals surface area contributed by atoms with Gasteiger partial charge < -0.3 is 4.79 Å². The molecular formula is C16H26OSi. The van der Waals surface area contributed by atoms with Crippen LogP contribution in [0.5, 0.6) is 0 Å².